The van der Waals surface area contributed by atoms with Crippen molar-refractivity contribution in [2.24, 2.45) is 0 Å². The highest BCUT2D eigenvalue weighted by molar-refractivity contribution is 6.29. The van der Waals surface area contributed by atoms with E-state index >= 15 is 0 Å². The zero-order valence-electron chi connectivity index (χ0n) is 14.5. The molecule has 0 aliphatic carbocycles. The lowest BCUT2D eigenvalue weighted by Crippen LogP contribution is -2.39. The molecule has 0 radical (unpaired) electrons. The van der Waals surface area contributed by atoms with Crippen LogP contribution in [0.15, 0.2) is 24.7 Å². The molecule has 1 amide bonds. The number of amides is 1. The molecule has 2 rings (SSSR count). The standard InChI is InChI=1S/C16H18ClF4N5O/c1-16(2,21)12(18)6-23-15(27)10-5-22-13(17)3-11(10)25-9-4-24-26(7-9)8-14(19)20/h3-5,7,12,14H,6,8H2,1-2H3,(H,22,25)(H,23,27)/t12-/m1/s1. The number of aromatic nitrogens is 3. The van der Waals surface area contributed by atoms with Crippen LogP contribution in [0.5, 0.6) is 0 Å². The summed E-state index contributed by atoms with van der Waals surface area (Å²) in [4.78, 5) is 16.1. The first-order valence-electron chi connectivity index (χ1n) is 7.90. The second-order valence-corrected chi connectivity index (χ2v) is 6.65. The molecule has 0 aromatic carbocycles. The van der Waals surface area contributed by atoms with Crippen LogP contribution in [0.25, 0.3) is 0 Å². The van der Waals surface area contributed by atoms with Crippen molar-refractivity contribution in [1.29, 1.82) is 0 Å². The first-order valence-corrected chi connectivity index (χ1v) is 8.28. The first-order chi connectivity index (χ1) is 12.6. The fraction of sp³-hybridized carbons (Fsp3) is 0.438. The zero-order chi connectivity index (χ0) is 20.2. The minimum atomic E-state index is -2.57. The van der Waals surface area contributed by atoms with E-state index in [9.17, 15) is 22.4 Å². The molecule has 27 heavy (non-hydrogen) atoms. The summed E-state index contributed by atoms with van der Waals surface area (Å²) in [5, 5.41) is 8.95. The van der Waals surface area contributed by atoms with Gasteiger partial charge in [0, 0.05) is 12.4 Å². The Morgan fingerprint density at radius 2 is 2.04 bits per heavy atom. The van der Waals surface area contributed by atoms with Crippen molar-refractivity contribution in [3.63, 3.8) is 0 Å². The number of rotatable bonds is 8. The third-order valence-electron chi connectivity index (χ3n) is 3.54. The molecule has 0 fully saturated rings. The molecule has 11 heteroatoms. The maximum Gasteiger partial charge on any atom is 0.257 e. The van der Waals surface area contributed by atoms with E-state index in [2.05, 4.69) is 20.7 Å². The van der Waals surface area contributed by atoms with Crippen molar-refractivity contribution in [2.75, 3.05) is 11.9 Å². The van der Waals surface area contributed by atoms with Crippen LogP contribution < -0.4 is 10.6 Å². The van der Waals surface area contributed by atoms with Crippen LogP contribution in [-0.2, 0) is 6.54 Å². The van der Waals surface area contributed by atoms with Crippen LogP contribution in [0.3, 0.4) is 0 Å². The molecule has 2 N–H and O–H groups in total. The molecule has 6 nitrogen and oxygen atoms in total. The molecule has 0 saturated heterocycles. The van der Waals surface area contributed by atoms with Gasteiger partial charge in [0.25, 0.3) is 12.3 Å². The third kappa shape index (κ3) is 6.09. The van der Waals surface area contributed by atoms with Gasteiger partial charge in [0.1, 0.15) is 17.4 Å². The fourth-order valence-electron chi connectivity index (χ4n) is 2.06. The number of carbonyl (C=O) groups is 1. The lowest BCUT2D eigenvalue weighted by molar-refractivity contribution is 0.0759. The van der Waals surface area contributed by atoms with E-state index in [0.717, 1.165) is 24.7 Å². The largest absolute Gasteiger partial charge is 0.352 e. The van der Waals surface area contributed by atoms with E-state index in [1.807, 2.05) is 0 Å². The fourth-order valence-corrected chi connectivity index (χ4v) is 2.22. The Balaban J connectivity index is 2.14. The molecule has 0 bridgehead atoms. The SMILES string of the molecule is CC(C)(F)[C@H](F)CNC(=O)c1cnc(Cl)cc1Nc1cnn(CC(F)F)c1. The van der Waals surface area contributed by atoms with Gasteiger partial charge in [-0.3, -0.25) is 9.48 Å². The van der Waals surface area contributed by atoms with E-state index in [0.29, 0.717) is 5.69 Å². The minimum absolute atomic E-state index is 0.0184. The Hall–Kier alpha value is -2.36. The van der Waals surface area contributed by atoms with Crippen molar-refractivity contribution >= 4 is 28.9 Å². The van der Waals surface area contributed by atoms with E-state index in [4.69, 9.17) is 11.6 Å². The Morgan fingerprint density at radius 3 is 2.67 bits per heavy atom. The van der Waals surface area contributed by atoms with Gasteiger partial charge in [0.2, 0.25) is 0 Å². The number of hydrogen-bond donors (Lipinski definition) is 2. The molecule has 2 aromatic rings. The summed E-state index contributed by atoms with van der Waals surface area (Å²) >= 11 is 5.84. The quantitative estimate of drug-likeness (QED) is 0.516. The molecular weight excluding hydrogens is 390 g/mol. The number of nitrogens with one attached hydrogen (secondary N) is 2. The third-order valence-corrected chi connectivity index (χ3v) is 3.75. The highest BCUT2D eigenvalue weighted by atomic mass is 35.5. The van der Waals surface area contributed by atoms with Gasteiger partial charge in [0.15, 0.2) is 6.17 Å². The Labute approximate surface area is 157 Å². The van der Waals surface area contributed by atoms with Gasteiger partial charge >= 0.3 is 0 Å². The Bertz CT molecular complexity index is 793. The van der Waals surface area contributed by atoms with Crippen molar-refractivity contribution in [2.45, 2.75) is 38.7 Å². The molecule has 0 saturated carbocycles. The summed E-state index contributed by atoms with van der Waals surface area (Å²) in [6, 6.07) is 1.34. The molecule has 0 spiro atoms. The van der Waals surface area contributed by atoms with Crippen molar-refractivity contribution in [3.05, 3.63) is 35.4 Å². The highest BCUT2D eigenvalue weighted by Gasteiger charge is 2.29. The number of hydrogen-bond acceptors (Lipinski definition) is 4. The van der Waals surface area contributed by atoms with E-state index in [-0.39, 0.29) is 16.4 Å². The molecule has 148 valence electrons. The lowest BCUT2D eigenvalue weighted by Gasteiger charge is -2.20. The number of carbonyl (C=O) groups excluding carboxylic acids is 1. The number of nitrogens with zero attached hydrogens (tertiary/aromatic N) is 3. The molecule has 2 aromatic heterocycles. The molecule has 0 aliphatic heterocycles. The highest BCUT2D eigenvalue weighted by Crippen LogP contribution is 2.24. The van der Waals surface area contributed by atoms with Crippen LogP contribution in [0.4, 0.5) is 28.9 Å². The molecule has 2 heterocycles. The zero-order valence-corrected chi connectivity index (χ0v) is 15.3. The average Bonchev–Trinajstić information content (AvgIpc) is 2.97. The number of halogens is 5. The average molecular weight is 408 g/mol. The van der Waals surface area contributed by atoms with Crippen LogP contribution in [0.2, 0.25) is 5.15 Å². The summed E-state index contributed by atoms with van der Waals surface area (Å²) in [7, 11) is 0. The lowest BCUT2D eigenvalue weighted by atomic mass is 10.1. The van der Waals surface area contributed by atoms with Gasteiger partial charge in [-0.15, -0.1) is 0 Å². The smallest absolute Gasteiger partial charge is 0.257 e. The van der Waals surface area contributed by atoms with Gasteiger partial charge in [-0.25, -0.2) is 22.5 Å². The normalized spacial score (nSPS) is 12.9. The topological polar surface area (TPSA) is 71.8 Å². The van der Waals surface area contributed by atoms with E-state index < -0.39 is 37.3 Å². The van der Waals surface area contributed by atoms with E-state index in [1.165, 1.54) is 18.5 Å². The van der Waals surface area contributed by atoms with Gasteiger partial charge in [0.05, 0.1) is 29.7 Å². The van der Waals surface area contributed by atoms with Gasteiger partial charge in [-0.05, 0) is 19.9 Å². The molecule has 0 aliphatic rings. The number of anilines is 2. The maximum absolute atomic E-state index is 13.7. The van der Waals surface area contributed by atoms with Crippen LogP contribution in [0, 0.1) is 0 Å². The maximum atomic E-state index is 13.7. The molecule has 0 unspecified atom stereocenters. The number of pyridine rings is 1. The summed E-state index contributed by atoms with van der Waals surface area (Å²) in [5.74, 6) is -0.700. The Morgan fingerprint density at radius 1 is 1.33 bits per heavy atom. The van der Waals surface area contributed by atoms with Crippen molar-refractivity contribution < 1.29 is 22.4 Å². The summed E-state index contributed by atoms with van der Waals surface area (Å²) in [6.07, 6.45) is -0.682. The molecule has 1 atom stereocenters. The first kappa shape index (κ1) is 20.9. The van der Waals surface area contributed by atoms with Gasteiger partial charge in [-0.2, -0.15) is 5.10 Å². The Kier molecular flexibility index (Phi) is 6.63. The second-order valence-electron chi connectivity index (χ2n) is 6.26. The number of alkyl halides is 4. The second kappa shape index (κ2) is 8.55. The predicted octanol–water partition coefficient (Wildman–Crippen LogP) is 3.76. The summed E-state index contributed by atoms with van der Waals surface area (Å²) in [6.45, 7) is 1.02. The van der Waals surface area contributed by atoms with Crippen molar-refractivity contribution in [3.8, 4) is 0 Å². The van der Waals surface area contributed by atoms with Crippen LogP contribution >= 0.6 is 11.6 Å². The summed E-state index contributed by atoms with van der Waals surface area (Å²) < 4.78 is 53.0. The summed E-state index contributed by atoms with van der Waals surface area (Å²) in [5.41, 5.74) is -1.55. The van der Waals surface area contributed by atoms with Gasteiger partial charge in [-0.1, -0.05) is 11.6 Å². The minimum Gasteiger partial charge on any atom is -0.352 e. The predicted molar refractivity (Wildman–Crippen MR) is 93.2 cm³/mol. The van der Waals surface area contributed by atoms with Crippen molar-refractivity contribution in [1.82, 2.24) is 20.1 Å². The van der Waals surface area contributed by atoms with E-state index in [1.54, 1.807) is 0 Å². The van der Waals surface area contributed by atoms with Crippen LogP contribution in [0.1, 0.15) is 24.2 Å². The monoisotopic (exact) mass is 407 g/mol. The van der Waals surface area contributed by atoms with Crippen LogP contribution in [-0.4, -0.2) is 45.5 Å². The molecular formula is C16H18ClF4N5O. The van der Waals surface area contributed by atoms with Gasteiger partial charge < -0.3 is 10.6 Å².